The van der Waals surface area contributed by atoms with Gasteiger partial charge in [-0.05, 0) is 26.2 Å². The van der Waals surface area contributed by atoms with E-state index in [0.717, 1.165) is 12.1 Å². The molecule has 1 unspecified atom stereocenters. The van der Waals surface area contributed by atoms with Crippen LogP contribution in [0.2, 0.25) is 0 Å². The first kappa shape index (κ1) is 13.9. The smallest absolute Gasteiger partial charge is 0.159 e. The Balaban J connectivity index is 2.96. The minimum atomic E-state index is -0.112. The second-order valence-electron chi connectivity index (χ2n) is 4.44. The highest BCUT2D eigenvalue weighted by molar-refractivity contribution is 5.34. The number of nitrogens with zero attached hydrogens (tertiary/aromatic N) is 2. The summed E-state index contributed by atoms with van der Waals surface area (Å²) >= 11 is 0. The van der Waals surface area contributed by atoms with E-state index in [4.69, 9.17) is 10.6 Å². The van der Waals surface area contributed by atoms with E-state index in [1.807, 2.05) is 19.9 Å². The van der Waals surface area contributed by atoms with Crippen LogP contribution >= 0.6 is 0 Å². The number of nitrogens with one attached hydrogen (secondary N) is 1. The molecule has 1 aromatic heterocycles. The highest BCUT2D eigenvalue weighted by Crippen LogP contribution is 2.17. The van der Waals surface area contributed by atoms with Crippen molar-refractivity contribution in [3.63, 3.8) is 0 Å². The average Bonchev–Trinajstić information content (AvgIpc) is 2.28. The highest BCUT2D eigenvalue weighted by atomic mass is 16.5. The molecule has 0 fully saturated rings. The number of anilines is 1. The molecular formula is C12H22N4O. The molecule has 0 aliphatic rings. The lowest BCUT2D eigenvalue weighted by molar-refractivity contribution is 0.0699. The zero-order chi connectivity index (χ0) is 12.8. The van der Waals surface area contributed by atoms with Gasteiger partial charge in [0.05, 0.1) is 0 Å². The first-order valence-electron chi connectivity index (χ1n) is 6.02. The molecule has 0 aliphatic carbocycles. The van der Waals surface area contributed by atoms with Gasteiger partial charge >= 0.3 is 0 Å². The van der Waals surface area contributed by atoms with Crippen molar-refractivity contribution in [3.8, 4) is 0 Å². The fourth-order valence-electron chi connectivity index (χ4n) is 1.62. The van der Waals surface area contributed by atoms with Gasteiger partial charge in [0.1, 0.15) is 11.9 Å². The fourth-order valence-corrected chi connectivity index (χ4v) is 1.62. The van der Waals surface area contributed by atoms with Crippen molar-refractivity contribution < 1.29 is 4.74 Å². The lowest BCUT2D eigenvalue weighted by Gasteiger charge is -2.13. The molecule has 1 heterocycles. The molecule has 0 saturated heterocycles. The Kier molecular flexibility index (Phi) is 5.31. The van der Waals surface area contributed by atoms with Crippen molar-refractivity contribution in [2.75, 3.05) is 12.0 Å². The first-order valence-corrected chi connectivity index (χ1v) is 6.02. The molecule has 96 valence electrons. The highest BCUT2D eigenvalue weighted by Gasteiger charge is 2.12. The number of hydrogen-bond acceptors (Lipinski definition) is 5. The topological polar surface area (TPSA) is 73.1 Å². The van der Waals surface area contributed by atoms with Crippen LogP contribution in [0.25, 0.3) is 0 Å². The second-order valence-corrected chi connectivity index (χ2v) is 4.44. The molecule has 0 radical (unpaired) electrons. The van der Waals surface area contributed by atoms with Crippen LogP contribution in [-0.4, -0.2) is 16.6 Å². The Bertz CT molecular complexity index is 354. The van der Waals surface area contributed by atoms with E-state index >= 15 is 0 Å². The van der Waals surface area contributed by atoms with E-state index in [1.54, 1.807) is 0 Å². The minimum absolute atomic E-state index is 0.112. The van der Waals surface area contributed by atoms with Gasteiger partial charge in [-0.25, -0.2) is 15.8 Å². The van der Waals surface area contributed by atoms with Crippen molar-refractivity contribution in [3.05, 3.63) is 17.6 Å². The molecule has 0 saturated carbocycles. The maximum atomic E-state index is 5.49. The fraction of sp³-hybridized carbons (Fsp3) is 0.667. The standard InChI is InChI=1S/C12H22N4O/c1-5-17-9(4)12-14-10(6-8(2)3)7-11(15-12)16-13/h7-9H,5-6,13H2,1-4H3,(H,14,15,16). The molecule has 3 N–H and O–H groups in total. The molecule has 0 amide bonds. The van der Waals surface area contributed by atoms with Crippen LogP contribution in [0.1, 0.15) is 45.3 Å². The number of hydrogen-bond donors (Lipinski definition) is 2. The molecule has 0 aliphatic heterocycles. The Labute approximate surface area is 103 Å². The van der Waals surface area contributed by atoms with Gasteiger partial charge in [0.15, 0.2) is 5.82 Å². The minimum Gasteiger partial charge on any atom is -0.371 e. The summed E-state index contributed by atoms with van der Waals surface area (Å²) in [5.74, 6) is 7.27. The summed E-state index contributed by atoms with van der Waals surface area (Å²) in [7, 11) is 0. The number of hydrazine groups is 1. The summed E-state index contributed by atoms with van der Waals surface area (Å²) < 4.78 is 5.49. The van der Waals surface area contributed by atoms with Crippen molar-refractivity contribution in [1.29, 1.82) is 0 Å². The van der Waals surface area contributed by atoms with Gasteiger partial charge in [0, 0.05) is 18.4 Å². The molecule has 0 bridgehead atoms. The van der Waals surface area contributed by atoms with E-state index in [2.05, 4.69) is 29.2 Å². The van der Waals surface area contributed by atoms with Crippen molar-refractivity contribution >= 4 is 5.82 Å². The molecule has 5 heteroatoms. The van der Waals surface area contributed by atoms with Crippen molar-refractivity contribution in [1.82, 2.24) is 9.97 Å². The third-order valence-electron chi connectivity index (χ3n) is 2.34. The van der Waals surface area contributed by atoms with Crippen LogP contribution < -0.4 is 11.3 Å². The summed E-state index contributed by atoms with van der Waals surface area (Å²) in [5.41, 5.74) is 3.56. The van der Waals surface area contributed by atoms with Gasteiger partial charge in [-0.1, -0.05) is 13.8 Å². The summed E-state index contributed by atoms with van der Waals surface area (Å²) in [6.07, 6.45) is 0.794. The summed E-state index contributed by atoms with van der Waals surface area (Å²) in [6, 6.07) is 1.88. The van der Waals surface area contributed by atoms with Gasteiger partial charge in [0.25, 0.3) is 0 Å². The van der Waals surface area contributed by atoms with E-state index in [0.29, 0.717) is 24.2 Å². The molecule has 0 aromatic carbocycles. The van der Waals surface area contributed by atoms with E-state index in [-0.39, 0.29) is 6.10 Å². The predicted octanol–water partition coefficient (Wildman–Crippen LogP) is 2.06. The predicted molar refractivity (Wildman–Crippen MR) is 68.4 cm³/mol. The van der Waals surface area contributed by atoms with Gasteiger partial charge < -0.3 is 10.2 Å². The maximum absolute atomic E-state index is 5.49. The lowest BCUT2D eigenvalue weighted by atomic mass is 10.1. The summed E-state index contributed by atoms with van der Waals surface area (Å²) in [5, 5.41) is 0. The van der Waals surface area contributed by atoms with Gasteiger partial charge in [-0.3, -0.25) is 0 Å². The lowest BCUT2D eigenvalue weighted by Crippen LogP contribution is -2.14. The quantitative estimate of drug-likeness (QED) is 0.586. The van der Waals surface area contributed by atoms with Crippen molar-refractivity contribution in [2.24, 2.45) is 11.8 Å². The van der Waals surface area contributed by atoms with E-state index in [1.165, 1.54) is 0 Å². The molecule has 1 aromatic rings. The third kappa shape index (κ3) is 4.28. The summed E-state index contributed by atoms with van der Waals surface area (Å²) in [6.45, 7) is 8.85. The van der Waals surface area contributed by atoms with Crippen LogP contribution in [-0.2, 0) is 11.2 Å². The van der Waals surface area contributed by atoms with Gasteiger partial charge in [-0.2, -0.15) is 0 Å². The first-order chi connectivity index (χ1) is 8.06. The second kappa shape index (κ2) is 6.51. The van der Waals surface area contributed by atoms with Crippen LogP contribution in [0.15, 0.2) is 6.07 Å². The van der Waals surface area contributed by atoms with E-state index in [9.17, 15) is 0 Å². The third-order valence-corrected chi connectivity index (χ3v) is 2.34. The summed E-state index contributed by atoms with van der Waals surface area (Å²) in [4.78, 5) is 8.81. The van der Waals surface area contributed by atoms with E-state index < -0.39 is 0 Å². The number of ether oxygens (including phenoxy) is 1. The number of nitrogens with two attached hydrogens (primary N) is 1. The largest absolute Gasteiger partial charge is 0.371 e. The van der Waals surface area contributed by atoms with Gasteiger partial charge in [-0.15, -0.1) is 0 Å². The zero-order valence-corrected chi connectivity index (χ0v) is 11.0. The Morgan fingerprint density at radius 1 is 1.35 bits per heavy atom. The Hall–Kier alpha value is -1.20. The van der Waals surface area contributed by atoms with Crippen LogP contribution in [0.4, 0.5) is 5.82 Å². The maximum Gasteiger partial charge on any atom is 0.159 e. The Morgan fingerprint density at radius 2 is 2.06 bits per heavy atom. The number of nitrogen functional groups attached to an aromatic ring is 1. The van der Waals surface area contributed by atoms with Crippen molar-refractivity contribution in [2.45, 2.75) is 40.2 Å². The van der Waals surface area contributed by atoms with Crippen LogP contribution in [0, 0.1) is 5.92 Å². The molecule has 0 spiro atoms. The van der Waals surface area contributed by atoms with Crippen LogP contribution in [0.5, 0.6) is 0 Å². The number of aromatic nitrogens is 2. The van der Waals surface area contributed by atoms with Crippen LogP contribution in [0.3, 0.4) is 0 Å². The number of rotatable bonds is 6. The average molecular weight is 238 g/mol. The zero-order valence-electron chi connectivity index (χ0n) is 11.0. The molecule has 5 nitrogen and oxygen atoms in total. The normalized spacial score (nSPS) is 12.8. The van der Waals surface area contributed by atoms with Gasteiger partial charge in [0.2, 0.25) is 0 Å². The molecule has 1 atom stereocenters. The molecular weight excluding hydrogens is 216 g/mol. The SMILES string of the molecule is CCOC(C)c1nc(CC(C)C)cc(NN)n1. The monoisotopic (exact) mass is 238 g/mol. The molecule has 17 heavy (non-hydrogen) atoms. The Morgan fingerprint density at radius 3 is 2.59 bits per heavy atom. The molecule has 1 rings (SSSR count).